The second-order valence-electron chi connectivity index (χ2n) is 4.95. The van der Waals surface area contributed by atoms with Crippen molar-refractivity contribution in [2.75, 3.05) is 26.7 Å². The Balaban J connectivity index is 1.99. The number of carbonyl (C=O) groups is 1. The lowest BCUT2D eigenvalue weighted by molar-refractivity contribution is -0.139. The smallest absolute Gasteiger partial charge is 0.228 e. The van der Waals surface area contributed by atoms with Crippen LogP contribution < -0.4 is 5.32 Å². The molecule has 2 unspecified atom stereocenters. The Labute approximate surface area is 102 Å². The van der Waals surface area contributed by atoms with Crippen molar-refractivity contribution in [2.45, 2.75) is 38.0 Å². The molecular weight excluding hydrogens is 220 g/mol. The third-order valence-electron chi connectivity index (χ3n) is 3.93. The minimum Gasteiger partial charge on any atom is -0.390 e. The fourth-order valence-electron chi connectivity index (χ4n) is 2.80. The predicted molar refractivity (Wildman–Crippen MR) is 63.6 cm³/mol. The summed E-state index contributed by atoms with van der Waals surface area (Å²) in [5.74, 6) is 0.0832. The minimum atomic E-state index is -0.452. The van der Waals surface area contributed by atoms with Crippen LogP contribution in [0, 0.1) is 5.92 Å². The van der Waals surface area contributed by atoms with E-state index in [-0.39, 0.29) is 24.0 Å². The van der Waals surface area contributed by atoms with Crippen molar-refractivity contribution in [2.24, 2.45) is 5.92 Å². The Kier molecular flexibility index (Phi) is 4.01. The monoisotopic (exact) mass is 242 g/mol. The van der Waals surface area contributed by atoms with Gasteiger partial charge in [-0.1, -0.05) is 6.92 Å². The van der Waals surface area contributed by atoms with Gasteiger partial charge in [-0.05, 0) is 12.8 Å². The fourth-order valence-corrected chi connectivity index (χ4v) is 2.80. The second-order valence-corrected chi connectivity index (χ2v) is 4.95. The van der Waals surface area contributed by atoms with Crippen LogP contribution in [-0.2, 0) is 9.53 Å². The molecule has 0 saturated carbocycles. The molecule has 0 aromatic heterocycles. The number of aliphatic hydroxyl groups is 1. The molecule has 2 fully saturated rings. The van der Waals surface area contributed by atoms with Gasteiger partial charge < -0.3 is 20.1 Å². The van der Waals surface area contributed by atoms with Gasteiger partial charge in [-0.15, -0.1) is 0 Å². The van der Waals surface area contributed by atoms with Crippen molar-refractivity contribution in [3.63, 3.8) is 0 Å². The van der Waals surface area contributed by atoms with Crippen molar-refractivity contribution in [3.8, 4) is 0 Å². The van der Waals surface area contributed by atoms with Crippen molar-refractivity contribution in [1.29, 1.82) is 0 Å². The number of β-amino-alcohol motifs (C(OH)–C–C–N with tert-alkyl or cyclic N) is 1. The zero-order valence-electron chi connectivity index (χ0n) is 10.6. The standard InChI is InChI=1S/C12H22N2O3/c1-3-11-8(4-5-17-11)12(16)14(2)9-6-13-7-10(9)15/h8-11,13,15H,3-7H2,1-2H3/t8?,9-,10-,11?/m1/s1. The number of rotatable bonds is 3. The molecule has 5 nitrogen and oxygen atoms in total. The average molecular weight is 242 g/mol. The average Bonchev–Trinajstić information content (AvgIpc) is 2.95. The first-order valence-electron chi connectivity index (χ1n) is 6.42. The molecule has 0 aromatic rings. The summed E-state index contributed by atoms with van der Waals surface area (Å²) in [5, 5.41) is 12.9. The van der Waals surface area contributed by atoms with E-state index in [4.69, 9.17) is 4.74 Å². The lowest BCUT2D eigenvalue weighted by Gasteiger charge is -2.30. The molecule has 0 aliphatic carbocycles. The van der Waals surface area contributed by atoms with Crippen LogP contribution in [0.2, 0.25) is 0 Å². The summed E-state index contributed by atoms with van der Waals surface area (Å²) >= 11 is 0. The number of carbonyl (C=O) groups excluding carboxylic acids is 1. The van der Waals surface area contributed by atoms with Gasteiger partial charge in [0.25, 0.3) is 0 Å². The molecule has 4 atom stereocenters. The molecule has 2 saturated heterocycles. The molecule has 1 amide bonds. The molecule has 17 heavy (non-hydrogen) atoms. The lowest BCUT2D eigenvalue weighted by Crippen LogP contribution is -2.47. The number of hydrogen-bond acceptors (Lipinski definition) is 4. The number of aliphatic hydroxyl groups excluding tert-OH is 1. The first-order valence-corrected chi connectivity index (χ1v) is 6.42. The largest absolute Gasteiger partial charge is 0.390 e. The van der Waals surface area contributed by atoms with Gasteiger partial charge in [0.1, 0.15) is 0 Å². The summed E-state index contributed by atoms with van der Waals surface area (Å²) in [4.78, 5) is 14.1. The zero-order chi connectivity index (χ0) is 12.4. The quantitative estimate of drug-likeness (QED) is 0.706. The van der Waals surface area contributed by atoms with E-state index in [2.05, 4.69) is 5.32 Å². The van der Waals surface area contributed by atoms with Gasteiger partial charge in [0.2, 0.25) is 5.91 Å². The Bertz CT molecular complexity index is 285. The van der Waals surface area contributed by atoms with Gasteiger partial charge in [-0.2, -0.15) is 0 Å². The normalized spacial score (nSPS) is 37.4. The molecule has 98 valence electrons. The lowest BCUT2D eigenvalue weighted by atomic mass is 9.97. The number of hydrogen-bond donors (Lipinski definition) is 2. The Morgan fingerprint density at radius 2 is 2.29 bits per heavy atom. The summed E-state index contributed by atoms with van der Waals surface area (Å²) < 4.78 is 5.55. The number of nitrogens with zero attached hydrogens (tertiary/aromatic N) is 1. The molecule has 5 heteroatoms. The van der Waals surface area contributed by atoms with E-state index in [1.54, 1.807) is 11.9 Å². The minimum absolute atomic E-state index is 0.0298. The topological polar surface area (TPSA) is 61.8 Å². The van der Waals surface area contributed by atoms with Gasteiger partial charge in [0.15, 0.2) is 0 Å². The maximum atomic E-state index is 12.4. The summed E-state index contributed by atoms with van der Waals surface area (Å²) in [7, 11) is 1.79. The molecule has 2 heterocycles. The molecule has 0 aromatic carbocycles. The Hall–Kier alpha value is -0.650. The highest BCUT2D eigenvalue weighted by Gasteiger charge is 2.39. The predicted octanol–water partition coefficient (Wildman–Crippen LogP) is -0.407. The van der Waals surface area contributed by atoms with Crippen LogP contribution >= 0.6 is 0 Å². The van der Waals surface area contributed by atoms with Gasteiger partial charge in [-0.25, -0.2) is 0 Å². The van der Waals surface area contributed by atoms with E-state index in [0.29, 0.717) is 19.7 Å². The van der Waals surface area contributed by atoms with Crippen LogP contribution in [0.25, 0.3) is 0 Å². The maximum absolute atomic E-state index is 12.4. The Morgan fingerprint density at radius 3 is 2.88 bits per heavy atom. The van der Waals surface area contributed by atoms with Crippen LogP contribution in [0.15, 0.2) is 0 Å². The number of nitrogens with one attached hydrogen (secondary N) is 1. The third kappa shape index (κ3) is 2.46. The molecular formula is C12H22N2O3. The van der Waals surface area contributed by atoms with Gasteiger partial charge >= 0.3 is 0 Å². The molecule has 0 bridgehead atoms. The third-order valence-corrected chi connectivity index (χ3v) is 3.93. The van der Waals surface area contributed by atoms with Crippen molar-refractivity contribution in [1.82, 2.24) is 10.2 Å². The van der Waals surface area contributed by atoms with Crippen LogP contribution in [0.4, 0.5) is 0 Å². The van der Waals surface area contributed by atoms with Gasteiger partial charge in [0, 0.05) is 26.7 Å². The first-order chi connectivity index (χ1) is 8.15. The van der Waals surface area contributed by atoms with E-state index >= 15 is 0 Å². The number of likely N-dealkylation sites (N-methyl/N-ethyl adjacent to an activating group) is 1. The van der Waals surface area contributed by atoms with E-state index < -0.39 is 6.10 Å². The van der Waals surface area contributed by atoms with Gasteiger partial charge in [-0.3, -0.25) is 4.79 Å². The molecule has 2 N–H and O–H groups in total. The van der Waals surface area contributed by atoms with E-state index in [0.717, 1.165) is 12.8 Å². The highest BCUT2D eigenvalue weighted by Crippen LogP contribution is 2.26. The van der Waals surface area contributed by atoms with Crippen LogP contribution in [0.3, 0.4) is 0 Å². The number of amides is 1. The zero-order valence-corrected chi connectivity index (χ0v) is 10.6. The molecule has 2 aliphatic rings. The highest BCUT2D eigenvalue weighted by molar-refractivity contribution is 5.80. The van der Waals surface area contributed by atoms with Crippen molar-refractivity contribution in [3.05, 3.63) is 0 Å². The summed E-state index contributed by atoms with van der Waals surface area (Å²) in [6, 6.07) is -0.0967. The van der Waals surface area contributed by atoms with E-state index in [1.807, 2.05) is 6.92 Å². The van der Waals surface area contributed by atoms with Crippen LogP contribution in [-0.4, -0.2) is 60.9 Å². The molecule has 2 aliphatic heterocycles. The second kappa shape index (κ2) is 5.33. The summed E-state index contributed by atoms with van der Waals surface area (Å²) in [6.07, 6.45) is 1.27. The highest BCUT2D eigenvalue weighted by atomic mass is 16.5. The fraction of sp³-hybridized carbons (Fsp3) is 0.917. The van der Waals surface area contributed by atoms with Crippen LogP contribution in [0.1, 0.15) is 19.8 Å². The molecule has 2 rings (SSSR count). The first kappa shape index (κ1) is 12.8. The number of ether oxygens (including phenoxy) is 1. The molecule has 0 spiro atoms. The summed E-state index contributed by atoms with van der Waals surface area (Å²) in [5.41, 5.74) is 0. The maximum Gasteiger partial charge on any atom is 0.228 e. The van der Waals surface area contributed by atoms with Crippen LogP contribution in [0.5, 0.6) is 0 Å². The van der Waals surface area contributed by atoms with Crippen molar-refractivity contribution < 1.29 is 14.6 Å². The summed E-state index contributed by atoms with van der Waals surface area (Å²) in [6.45, 7) is 3.96. The van der Waals surface area contributed by atoms with Crippen molar-refractivity contribution >= 4 is 5.91 Å². The van der Waals surface area contributed by atoms with E-state index in [1.165, 1.54) is 0 Å². The Morgan fingerprint density at radius 1 is 1.53 bits per heavy atom. The molecule has 0 radical (unpaired) electrons. The SMILES string of the molecule is CCC1OCCC1C(=O)N(C)[C@@H]1CNC[C@H]1O. The van der Waals surface area contributed by atoms with Gasteiger partial charge in [0.05, 0.1) is 24.2 Å². The van der Waals surface area contributed by atoms with E-state index in [9.17, 15) is 9.90 Å².